The van der Waals surface area contributed by atoms with Gasteiger partial charge in [0.05, 0.1) is 30.1 Å². The molecule has 0 saturated heterocycles. The minimum atomic E-state index is -0.824. The minimum Gasteiger partial charge on any atom is -0.383 e. The minimum absolute atomic E-state index is 0.444. The fourth-order valence-electron chi connectivity index (χ4n) is 1.94. The number of aryl methyl sites for hydroxylation is 1. The number of rotatable bonds is 5. The molecular formula is C13H16ClN3O2. The van der Waals surface area contributed by atoms with E-state index in [2.05, 4.69) is 10.1 Å². The van der Waals surface area contributed by atoms with Crippen LogP contribution in [-0.2, 0) is 11.3 Å². The SMILES string of the molecule is COCCn1ncc(Cl)c1C(O)c1ccncc1C. The Labute approximate surface area is 116 Å². The van der Waals surface area contributed by atoms with Gasteiger partial charge in [-0.1, -0.05) is 11.6 Å². The van der Waals surface area contributed by atoms with Gasteiger partial charge in [-0.2, -0.15) is 5.10 Å². The van der Waals surface area contributed by atoms with Gasteiger partial charge in [-0.15, -0.1) is 0 Å². The van der Waals surface area contributed by atoms with Crippen molar-refractivity contribution in [3.05, 3.63) is 46.5 Å². The van der Waals surface area contributed by atoms with Gasteiger partial charge in [-0.3, -0.25) is 9.67 Å². The van der Waals surface area contributed by atoms with Crippen LogP contribution in [0.3, 0.4) is 0 Å². The lowest BCUT2D eigenvalue weighted by atomic mass is 10.0. The first-order chi connectivity index (χ1) is 9.15. The maximum atomic E-state index is 10.5. The number of nitrogens with zero attached hydrogens (tertiary/aromatic N) is 3. The molecule has 2 aromatic heterocycles. The van der Waals surface area contributed by atoms with Crippen molar-refractivity contribution < 1.29 is 9.84 Å². The normalized spacial score (nSPS) is 12.6. The Kier molecular flexibility index (Phi) is 4.52. The third kappa shape index (κ3) is 2.94. The van der Waals surface area contributed by atoms with E-state index in [0.717, 1.165) is 11.1 Å². The fraction of sp³-hybridized carbons (Fsp3) is 0.385. The van der Waals surface area contributed by atoms with Crippen LogP contribution in [0.25, 0.3) is 0 Å². The molecule has 19 heavy (non-hydrogen) atoms. The number of methoxy groups -OCH3 is 1. The average Bonchev–Trinajstić information content (AvgIpc) is 2.77. The van der Waals surface area contributed by atoms with Crippen molar-refractivity contribution in [1.29, 1.82) is 0 Å². The van der Waals surface area contributed by atoms with E-state index in [0.29, 0.717) is 23.9 Å². The smallest absolute Gasteiger partial charge is 0.123 e. The number of ether oxygens (including phenoxy) is 1. The number of aliphatic hydroxyl groups excluding tert-OH is 1. The van der Waals surface area contributed by atoms with Crippen molar-refractivity contribution in [2.45, 2.75) is 19.6 Å². The largest absolute Gasteiger partial charge is 0.383 e. The van der Waals surface area contributed by atoms with Crippen LogP contribution in [0.4, 0.5) is 0 Å². The summed E-state index contributed by atoms with van der Waals surface area (Å²) in [6, 6.07) is 1.78. The Balaban J connectivity index is 2.35. The van der Waals surface area contributed by atoms with E-state index in [1.54, 1.807) is 30.3 Å². The summed E-state index contributed by atoms with van der Waals surface area (Å²) in [7, 11) is 1.62. The van der Waals surface area contributed by atoms with Crippen molar-refractivity contribution >= 4 is 11.6 Å². The van der Waals surface area contributed by atoms with Crippen LogP contribution in [0.15, 0.2) is 24.7 Å². The summed E-state index contributed by atoms with van der Waals surface area (Å²) in [5, 5.41) is 15.1. The van der Waals surface area contributed by atoms with Crippen LogP contribution in [0, 0.1) is 6.92 Å². The molecule has 0 fully saturated rings. The van der Waals surface area contributed by atoms with Gasteiger partial charge in [0.15, 0.2) is 0 Å². The van der Waals surface area contributed by atoms with E-state index in [-0.39, 0.29) is 0 Å². The molecule has 2 aromatic rings. The highest BCUT2D eigenvalue weighted by Crippen LogP contribution is 2.29. The van der Waals surface area contributed by atoms with Gasteiger partial charge in [0, 0.05) is 19.5 Å². The molecule has 0 aliphatic carbocycles. The first kappa shape index (κ1) is 14.0. The molecule has 1 unspecified atom stereocenters. The number of pyridine rings is 1. The van der Waals surface area contributed by atoms with Crippen LogP contribution in [-0.4, -0.2) is 33.6 Å². The van der Waals surface area contributed by atoms with E-state index in [1.165, 1.54) is 6.20 Å². The molecule has 0 aliphatic rings. The van der Waals surface area contributed by atoms with Crippen LogP contribution < -0.4 is 0 Å². The lowest BCUT2D eigenvalue weighted by Crippen LogP contribution is -2.14. The van der Waals surface area contributed by atoms with Crippen LogP contribution in [0.2, 0.25) is 5.02 Å². The van der Waals surface area contributed by atoms with Gasteiger partial charge >= 0.3 is 0 Å². The molecule has 0 amide bonds. The van der Waals surface area contributed by atoms with Crippen LogP contribution in [0.1, 0.15) is 22.9 Å². The molecular weight excluding hydrogens is 266 g/mol. The Morgan fingerprint density at radius 2 is 2.26 bits per heavy atom. The zero-order chi connectivity index (χ0) is 13.8. The Morgan fingerprint density at radius 3 is 2.95 bits per heavy atom. The second kappa shape index (κ2) is 6.14. The van der Waals surface area contributed by atoms with E-state index in [4.69, 9.17) is 16.3 Å². The summed E-state index contributed by atoms with van der Waals surface area (Å²) in [5.74, 6) is 0. The summed E-state index contributed by atoms with van der Waals surface area (Å²) in [4.78, 5) is 4.02. The van der Waals surface area contributed by atoms with Gasteiger partial charge < -0.3 is 9.84 Å². The number of aliphatic hydroxyl groups is 1. The van der Waals surface area contributed by atoms with Gasteiger partial charge in [0.1, 0.15) is 6.10 Å². The van der Waals surface area contributed by atoms with Crippen LogP contribution >= 0.6 is 11.6 Å². The van der Waals surface area contributed by atoms with Gasteiger partial charge in [0.25, 0.3) is 0 Å². The molecule has 2 rings (SSSR count). The Hall–Kier alpha value is -1.43. The lowest BCUT2D eigenvalue weighted by Gasteiger charge is -2.16. The predicted octanol–water partition coefficient (Wildman–Crippen LogP) is 1.97. The summed E-state index contributed by atoms with van der Waals surface area (Å²) in [5.41, 5.74) is 2.26. The Morgan fingerprint density at radius 1 is 1.47 bits per heavy atom. The second-order valence-corrected chi connectivity index (χ2v) is 4.64. The fourth-order valence-corrected chi connectivity index (χ4v) is 2.18. The number of halogens is 1. The van der Waals surface area contributed by atoms with Crippen molar-refractivity contribution in [1.82, 2.24) is 14.8 Å². The summed E-state index contributed by atoms with van der Waals surface area (Å²) in [6.07, 6.45) is 4.07. The predicted molar refractivity (Wildman–Crippen MR) is 72.1 cm³/mol. The summed E-state index contributed by atoms with van der Waals surface area (Å²) < 4.78 is 6.69. The molecule has 0 radical (unpaired) electrons. The number of hydrogen-bond donors (Lipinski definition) is 1. The van der Waals surface area contributed by atoms with Crippen LogP contribution in [0.5, 0.6) is 0 Å². The van der Waals surface area contributed by atoms with Gasteiger partial charge in [-0.25, -0.2) is 0 Å². The summed E-state index contributed by atoms with van der Waals surface area (Å²) in [6.45, 7) is 2.95. The number of aromatic nitrogens is 3. The molecule has 0 aromatic carbocycles. The van der Waals surface area contributed by atoms with E-state index >= 15 is 0 Å². The lowest BCUT2D eigenvalue weighted by molar-refractivity contribution is 0.171. The standard InChI is InChI=1S/C13H16ClN3O2/c1-9-7-15-4-3-10(9)13(18)12-11(14)8-16-17(12)5-6-19-2/h3-4,7-8,13,18H,5-6H2,1-2H3. The highest BCUT2D eigenvalue weighted by atomic mass is 35.5. The maximum absolute atomic E-state index is 10.5. The molecule has 0 bridgehead atoms. The maximum Gasteiger partial charge on any atom is 0.123 e. The molecule has 0 spiro atoms. The molecule has 0 aliphatic heterocycles. The number of hydrogen-bond acceptors (Lipinski definition) is 4. The highest BCUT2D eigenvalue weighted by molar-refractivity contribution is 6.31. The van der Waals surface area contributed by atoms with Gasteiger partial charge in [0.2, 0.25) is 0 Å². The first-order valence-electron chi connectivity index (χ1n) is 5.94. The molecule has 6 heteroatoms. The zero-order valence-corrected chi connectivity index (χ0v) is 11.6. The van der Waals surface area contributed by atoms with E-state index < -0.39 is 6.10 Å². The monoisotopic (exact) mass is 281 g/mol. The van der Waals surface area contributed by atoms with Crippen molar-refractivity contribution in [3.63, 3.8) is 0 Å². The van der Waals surface area contributed by atoms with Crippen molar-refractivity contribution in [3.8, 4) is 0 Å². The molecule has 1 atom stereocenters. The van der Waals surface area contributed by atoms with Crippen molar-refractivity contribution in [2.24, 2.45) is 0 Å². The zero-order valence-electron chi connectivity index (χ0n) is 10.9. The Bertz CT molecular complexity index is 557. The first-order valence-corrected chi connectivity index (χ1v) is 6.31. The second-order valence-electron chi connectivity index (χ2n) is 4.23. The summed E-state index contributed by atoms with van der Waals surface area (Å²) >= 11 is 6.12. The van der Waals surface area contributed by atoms with Crippen molar-refractivity contribution in [2.75, 3.05) is 13.7 Å². The van der Waals surface area contributed by atoms with E-state index in [1.807, 2.05) is 6.92 Å². The molecule has 1 N–H and O–H groups in total. The van der Waals surface area contributed by atoms with E-state index in [9.17, 15) is 5.11 Å². The molecule has 102 valence electrons. The third-order valence-electron chi connectivity index (χ3n) is 2.96. The topological polar surface area (TPSA) is 60.2 Å². The molecule has 0 saturated carbocycles. The molecule has 5 nitrogen and oxygen atoms in total. The molecule has 2 heterocycles. The third-order valence-corrected chi connectivity index (χ3v) is 3.25. The highest BCUT2D eigenvalue weighted by Gasteiger charge is 2.21. The quantitative estimate of drug-likeness (QED) is 0.910. The average molecular weight is 282 g/mol. The van der Waals surface area contributed by atoms with Gasteiger partial charge in [-0.05, 0) is 24.1 Å².